The maximum atomic E-state index is 12.5. The van der Waals surface area contributed by atoms with E-state index in [-0.39, 0.29) is 23.7 Å². The normalized spacial score (nSPS) is 20.4. The Morgan fingerprint density at radius 3 is 1.96 bits per heavy atom. The Labute approximate surface area is 149 Å². The average Bonchev–Trinajstić information content (AvgIpc) is 2.66. The van der Waals surface area contributed by atoms with Crippen LogP contribution >= 0.6 is 0 Å². The minimum Gasteiger partial charge on any atom is -0.296 e. The summed E-state index contributed by atoms with van der Waals surface area (Å²) in [7, 11) is 2.01. The van der Waals surface area contributed by atoms with Gasteiger partial charge >= 0.3 is 0 Å². The molecule has 2 unspecified atom stereocenters. The molecule has 0 saturated heterocycles. The molecule has 3 rings (SSSR count). The van der Waals surface area contributed by atoms with Crippen LogP contribution in [0.3, 0.4) is 0 Å². The molecule has 3 nitrogen and oxygen atoms in total. The van der Waals surface area contributed by atoms with E-state index in [0.29, 0.717) is 12.8 Å². The number of hydrogen-bond acceptors (Lipinski definition) is 3. The standard InChI is InChI=1S/C22H23NO2/c1-23-19(15-21(24)17-9-4-2-5-10-17)13-8-14-20(23)16-22(25)18-11-6-3-7-12-18/h2-13,19-20H,14-16H2,1H3. The van der Waals surface area contributed by atoms with Gasteiger partial charge in [-0.1, -0.05) is 72.8 Å². The minimum atomic E-state index is 0.0371. The zero-order chi connectivity index (χ0) is 17.6. The molecule has 0 N–H and O–H groups in total. The third-order valence-electron chi connectivity index (χ3n) is 4.87. The van der Waals surface area contributed by atoms with Gasteiger partial charge in [-0.3, -0.25) is 14.5 Å². The molecule has 0 radical (unpaired) electrons. The second-order valence-corrected chi connectivity index (χ2v) is 6.54. The van der Waals surface area contributed by atoms with Crippen molar-refractivity contribution in [3.05, 3.63) is 83.9 Å². The lowest BCUT2D eigenvalue weighted by Gasteiger charge is -2.35. The summed E-state index contributed by atoms with van der Waals surface area (Å²) >= 11 is 0. The molecule has 0 fully saturated rings. The number of carbonyl (C=O) groups is 2. The molecule has 2 atom stereocenters. The molecular weight excluding hydrogens is 310 g/mol. The fraction of sp³-hybridized carbons (Fsp3) is 0.273. The molecule has 1 aliphatic rings. The van der Waals surface area contributed by atoms with Crippen molar-refractivity contribution in [3.8, 4) is 0 Å². The Balaban J connectivity index is 1.64. The lowest BCUT2D eigenvalue weighted by atomic mass is 9.93. The molecule has 2 aromatic carbocycles. The first-order valence-corrected chi connectivity index (χ1v) is 8.70. The van der Waals surface area contributed by atoms with E-state index in [1.807, 2.05) is 67.7 Å². The van der Waals surface area contributed by atoms with E-state index in [1.165, 1.54) is 0 Å². The summed E-state index contributed by atoms with van der Waals surface area (Å²) in [5.74, 6) is 0.290. The van der Waals surface area contributed by atoms with Crippen molar-refractivity contribution in [1.82, 2.24) is 4.90 Å². The second kappa shape index (κ2) is 8.04. The van der Waals surface area contributed by atoms with Gasteiger partial charge < -0.3 is 0 Å². The number of ketones is 2. The molecule has 25 heavy (non-hydrogen) atoms. The van der Waals surface area contributed by atoms with Gasteiger partial charge in [-0.2, -0.15) is 0 Å². The SMILES string of the molecule is CN1C(CC(=O)c2ccccc2)C=CCC1CC(=O)c1ccccc1. The molecule has 3 heteroatoms. The quantitative estimate of drug-likeness (QED) is 0.588. The molecule has 1 heterocycles. The number of benzene rings is 2. The molecular formula is C22H23NO2. The van der Waals surface area contributed by atoms with E-state index in [2.05, 4.69) is 17.1 Å². The van der Waals surface area contributed by atoms with Crippen LogP contribution in [0.1, 0.15) is 40.0 Å². The minimum absolute atomic E-state index is 0.0371. The van der Waals surface area contributed by atoms with Crippen LogP contribution in [0.4, 0.5) is 0 Å². The van der Waals surface area contributed by atoms with E-state index >= 15 is 0 Å². The molecule has 0 aliphatic carbocycles. The van der Waals surface area contributed by atoms with Crippen molar-refractivity contribution >= 4 is 11.6 Å². The number of Topliss-reactive ketones (excluding diaryl/α,β-unsaturated/α-hetero) is 2. The molecule has 0 spiro atoms. The topological polar surface area (TPSA) is 37.4 Å². The first-order valence-electron chi connectivity index (χ1n) is 8.70. The van der Waals surface area contributed by atoms with Crippen LogP contribution in [0.5, 0.6) is 0 Å². The number of rotatable bonds is 6. The first-order chi connectivity index (χ1) is 12.1. The highest BCUT2D eigenvalue weighted by molar-refractivity contribution is 5.97. The van der Waals surface area contributed by atoms with Gasteiger partial charge in [0, 0.05) is 36.1 Å². The van der Waals surface area contributed by atoms with Crippen molar-refractivity contribution in [2.75, 3.05) is 7.05 Å². The number of nitrogens with zero attached hydrogens (tertiary/aromatic N) is 1. The lowest BCUT2D eigenvalue weighted by molar-refractivity contribution is 0.0872. The van der Waals surface area contributed by atoms with Crippen molar-refractivity contribution in [2.45, 2.75) is 31.3 Å². The Hall–Kier alpha value is -2.52. The summed E-state index contributed by atoms with van der Waals surface area (Å²) < 4.78 is 0. The van der Waals surface area contributed by atoms with Crippen LogP contribution in [-0.2, 0) is 0 Å². The molecule has 2 aromatic rings. The van der Waals surface area contributed by atoms with Crippen molar-refractivity contribution in [2.24, 2.45) is 0 Å². The van der Waals surface area contributed by atoms with E-state index < -0.39 is 0 Å². The van der Waals surface area contributed by atoms with Crippen LogP contribution in [0.25, 0.3) is 0 Å². The maximum Gasteiger partial charge on any atom is 0.164 e. The summed E-state index contributed by atoms with van der Waals surface area (Å²) in [4.78, 5) is 27.1. The fourth-order valence-corrected chi connectivity index (χ4v) is 3.29. The molecule has 0 amide bonds. The van der Waals surface area contributed by atoms with Crippen LogP contribution in [0.15, 0.2) is 72.8 Å². The summed E-state index contributed by atoms with van der Waals surface area (Å²) in [6.07, 6.45) is 5.94. The number of carbonyl (C=O) groups excluding carboxylic acids is 2. The summed E-state index contributed by atoms with van der Waals surface area (Å²) in [5.41, 5.74) is 1.49. The Morgan fingerprint density at radius 1 is 0.880 bits per heavy atom. The third-order valence-corrected chi connectivity index (χ3v) is 4.87. The zero-order valence-electron chi connectivity index (χ0n) is 14.5. The Kier molecular flexibility index (Phi) is 5.56. The Morgan fingerprint density at radius 2 is 1.40 bits per heavy atom. The smallest absolute Gasteiger partial charge is 0.164 e. The van der Waals surface area contributed by atoms with Crippen molar-refractivity contribution in [1.29, 1.82) is 0 Å². The highest BCUT2D eigenvalue weighted by Gasteiger charge is 2.27. The molecule has 0 aromatic heterocycles. The molecule has 1 aliphatic heterocycles. The number of hydrogen-bond donors (Lipinski definition) is 0. The first kappa shape index (κ1) is 17.3. The average molecular weight is 333 g/mol. The lowest BCUT2D eigenvalue weighted by Crippen LogP contribution is -2.43. The van der Waals surface area contributed by atoms with E-state index in [1.54, 1.807) is 0 Å². The Bertz CT molecular complexity index is 752. The summed E-state index contributed by atoms with van der Waals surface area (Å²) in [6, 6.07) is 19.0. The van der Waals surface area contributed by atoms with E-state index in [9.17, 15) is 9.59 Å². The maximum absolute atomic E-state index is 12.5. The van der Waals surface area contributed by atoms with Crippen LogP contribution in [-0.4, -0.2) is 35.6 Å². The van der Waals surface area contributed by atoms with E-state index in [4.69, 9.17) is 0 Å². The van der Waals surface area contributed by atoms with Crippen molar-refractivity contribution in [3.63, 3.8) is 0 Å². The third kappa shape index (κ3) is 4.31. The molecule has 128 valence electrons. The number of likely N-dealkylation sites (N-methyl/N-ethyl adjacent to an activating group) is 1. The fourth-order valence-electron chi connectivity index (χ4n) is 3.29. The second-order valence-electron chi connectivity index (χ2n) is 6.54. The van der Waals surface area contributed by atoms with Crippen LogP contribution < -0.4 is 0 Å². The van der Waals surface area contributed by atoms with Gasteiger partial charge in [0.25, 0.3) is 0 Å². The molecule has 0 bridgehead atoms. The summed E-state index contributed by atoms with van der Waals surface area (Å²) in [5, 5.41) is 0. The zero-order valence-corrected chi connectivity index (χ0v) is 14.5. The highest BCUT2D eigenvalue weighted by atomic mass is 16.1. The van der Waals surface area contributed by atoms with Gasteiger partial charge in [0.1, 0.15) is 0 Å². The van der Waals surface area contributed by atoms with Crippen molar-refractivity contribution < 1.29 is 9.59 Å². The van der Waals surface area contributed by atoms with Gasteiger partial charge in [0.2, 0.25) is 0 Å². The molecule has 0 saturated carbocycles. The van der Waals surface area contributed by atoms with E-state index in [0.717, 1.165) is 17.5 Å². The van der Waals surface area contributed by atoms with Gasteiger partial charge in [-0.25, -0.2) is 0 Å². The monoisotopic (exact) mass is 333 g/mol. The van der Waals surface area contributed by atoms with Gasteiger partial charge in [-0.05, 0) is 13.5 Å². The summed E-state index contributed by atoms with van der Waals surface area (Å²) in [6.45, 7) is 0. The van der Waals surface area contributed by atoms with Gasteiger partial charge in [0.05, 0.1) is 0 Å². The van der Waals surface area contributed by atoms with Gasteiger partial charge in [0.15, 0.2) is 11.6 Å². The predicted molar refractivity (Wildman–Crippen MR) is 99.9 cm³/mol. The van der Waals surface area contributed by atoms with Crippen LogP contribution in [0, 0.1) is 0 Å². The van der Waals surface area contributed by atoms with Gasteiger partial charge in [-0.15, -0.1) is 0 Å². The highest BCUT2D eigenvalue weighted by Crippen LogP contribution is 2.23. The largest absolute Gasteiger partial charge is 0.296 e. The predicted octanol–water partition coefficient (Wildman–Crippen LogP) is 4.16. The van der Waals surface area contributed by atoms with Crippen LogP contribution in [0.2, 0.25) is 0 Å².